The van der Waals surface area contributed by atoms with Gasteiger partial charge in [0.25, 0.3) is 0 Å². The molecule has 0 saturated heterocycles. The van der Waals surface area contributed by atoms with Crippen molar-refractivity contribution < 1.29 is 64.8 Å². The number of carboxylic acids is 1. The zero-order valence-electron chi connectivity index (χ0n) is 40.0. The lowest BCUT2D eigenvalue weighted by atomic mass is 9.84. The van der Waals surface area contributed by atoms with Crippen LogP contribution in [-0.2, 0) is 49.8 Å². The first-order valence-electron chi connectivity index (χ1n) is 24.1. The molecule has 4 aromatic heterocycles. The van der Waals surface area contributed by atoms with E-state index >= 15 is 0 Å². The van der Waals surface area contributed by atoms with Gasteiger partial charge in [-0.15, -0.1) is 26.3 Å². The van der Waals surface area contributed by atoms with Crippen molar-refractivity contribution in [3.8, 4) is 11.5 Å². The van der Waals surface area contributed by atoms with Crippen LogP contribution in [0.15, 0.2) is 85.2 Å². The number of alkyl halides is 6. The van der Waals surface area contributed by atoms with Gasteiger partial charge in [0.15, 0.2) is 11.3 Å². The molecule has 22 heteroatoms. The smallest absolute Gasteiger partial charge is 0.480 e. The molecule has 390 valence electrons. The van der Waals surface area contributed by atoms with E-state index in [1.54, 1.807) is 41.2 Å². The lowest BCUT2D eigenvalue weighted by molar-refractivity contribution is -0.275. The van der Waals surface area contributed by atoms with E-state index in [2.05, 4.69) is 40.0 Å². The Bertz CT molecular complexity index is 2810. The summed E-state index contributed by atoms with van der Waals surface area (Å²) in [7, 11) is 1.32. The Labute approximate surface area is 415 Å². The van der Waals surface area contributed by atoms with Gasteiger partial charge in [0.05, 0.1) is 20.2 Å². The second-order valence-corrected chi connectivity index (χ2v) is 18.1. The van der Waals surface area contributed by atoms with Gasteiger partial charge in [0.1, 0.15) is 46.3 Å². The topological polar surface area (TPSA) is 202 Å². The summed E-state index contributed by atoms with van der Waals surface area (Å²) in [6.07, 6.45) is 3.86. The molecule has 2 aromatic carbocycles. The second kappa shape index (κ2) is 24.4. The first kappa shape index (κ1) is 53.5. The number of methoxy groups -OCH3 is 1. The van der Waals surface area contributed by atoms with E-state index < -0.39 is 36.7 Å². The van der Waals surface area contributed by atoms with Crippen molar-refractivity contribution in [1.82, 2.24) is 39.7 Å². The van der Waals surface area contributed by atoms with Crippen LogP contribution in [0.3, 0.4) is 0 Å². The van der Waals surface area contributed by atoms with E-state index in [0.717, 1.165) is 64.2 Å². The lowest BCUT2D eigenvalue weighted by Gasteiger charge is -2.29. The zero-order valence-corrected chi connectivity index (χ0v) is 40.0. The number of aromatic nitrogens is 6. The maximum Gasteiger partial charge on any atom is 0.573 e. The Kier molecular flexibility index (Phi) is 17.9. The normalized spacial score (nSPS) is 15.4. The van der Waals surface area contributed by atoms with E-state index in [1.807, 2.05) is 4.57 Å². The monoisotopic (exact) mass is 1020 g/mol. The van der Waals surface area contributed by atoms with Crippen LogP contribution in [0.1, 0.15) is 99.8 Å². The third kappa shape index (κ3) is 15.4. The minimum Gasteiger partial charge on any atom is -0.480 e. The van der Waals surface area contributed by atoms with Gasteiger partial charge in [0, 0.05) is 38.1 Å². The Morgan fingerprint density at radius 1 is 0.616 bits per heavy atom. The standard InChI is InChI=1S/C26H29F3N4O4.C25H27F3N4O4/c1-36-25(35)23(18-6-3-2-4-7-18)32-22(34)14-13-21-31-20-8-5-15-30-24(20)33(21)16-17-9-11-19(12-10-17)37-26(27,28)29;26-25(27,28)36-18-10-8-16(9-11-18)15-32-20(30-19-7-4-14-29-23(19)32)12-13-21(33)31-22(24(34)35)17-5-2-1-3-6-17/h5,8-12,15,18,23H,2-4,6-7,13-14,16H2,1H3,(H,32,34);4,7-11,14,17,22H,1-3,5-6,12-13,15H2,(H,31,33)(H,34,35)/t23-;22-/m11/s1. The molecule has 2 fully saturated rings. The number of imidazole rings is 2. The SMILES string of the molecule is COC(=O)[C@H](NC(=O)CCc1nc2cccnc2n1Cc1ccc(OC(F)(F)F)cc1)C1CCCCC1.O=C(CCc1nc2cccnc2n1Cc1ccc(OC(F)(F)F)cc1)N[C@@H](C(=O)O)C1CCCCC1. The fraction of sp³-hybridized carbons (Fsp3) is 0.451. The molecule has 6 aromatic rings. The number of carbonyl (C=O) groups is 4. The van der Waals surface area contributed by atoms with E-state index in [4.69, 9.17) is 4.74 Å². The van der Waals surface area contributed by atoms with E-state index in [0.29, 0.717) is 51.6 Å². The summed E-state index contributed by atoms with van der Waals surface area (Å²) in [5, 5.41) is 15.2. The molecule has 2 aliphatic carbocycles. The average Bonchev–Trinajstić information content (AvgIpc) is 3.90. The lowest BCUT2D eigenvalue weighted by Crippen LogP contribution is -2.47. The molecule has 0 spiro atoms. The number of ether oxygens (including phenoxy) is 3. The summed E-state index contributed by atoms with van der Waals surface area (Å²) in [6.45, 7) is 0.570. The van der Waals surface area contributed by atoms with Gasteiger partial charge in [-0.2, -0.15) is 0 Å². The molecule has 0 radical (unpaired) electrons. The van der Waals surface area contributed by atoms with Crippen LogP contribution >= 0.6 is 0 Å². The highest BCUT2D eigenvalue weighted by Crippen LogP contribution is 2.30. The van der Waals surface area contributed by atoms with Crippen LogP contribution in [0, 0.1) is 11.8 Å². The van der Waals surface area contributed by atoms with E-state index in [-0.39, 0.29) is 67.4 Å². The molecular formula is C51H56F6N8O8. The van der Waals surface area contributed by atoms with Crippen molar-refractivity contribution >= 4 is 46.1 Å². The molecule has 3 N–H and O–H groups in total. The minimum absolute atomic E-state index is 0.0399. The number of aryl methyl sites for hydroxylation is 2. The fourth-order valence-corrected chi connectivity index (χ4v) is 9.44. The fourth-order valence-electron chi connectivity index (χ4n) is 9.44. The minimum atomic E-state index is -4.77. The highest BCUT2D eigenvalue weighted by Gasteiger charge is 2.34. The third-order valence-corrected chi connectivity index (χ3v) is 12.9. The number of nitrogens with zero attached hydrogens (tertiary/aromatic N) is 6. The zero-order chi connectivity index (χ0) is 52.1. The number of hydrogen-bond donors (Lipinski definition) is 3. The van der Waals surface area contributed by atoms with Crippen LogP contribution in [0.5, 0.6) is 11.5 Å². The number of benzene rings is 2. The van der Waals surface area contributed by atoms with Crippen LogP contribution in [0.25, 0.3) is 22.3 Å². The maximum absolute atomic E-state index is 12.8. The number of aliphatic carboxylic acids is 1. The van der Waals surface area contributed by atoms with Crippen molar-refractivity contribution in [3.63, 3.8) is 0 Å². The van der Waals surface area contributed by atoms with Gasteiger partial charge < -0.3 is 39.1 Å². The highest BCUT2D eigenvalue weighted by atomic mass is 19.4. The van der Waals surface area contributed by atoms with Crippen molar-refractivity contribution in [3.05, 3.63) is 108 Å². The molecule has 4 heterocycles. The number of carbonyl (C=O) groups excluding carboxylic acids is 3. The summed E-state index contributed by atoms with van der Waals surface area (Å²) >= 11 is 0. The average molecular weight is 1020 g/mol. The molecule has 73 heavy (non-hydrogen) atoms. The van der Waals surface area contributed by atoms with Gasteiger partial charge in [0.2, 0.25) is 11.8 Å². The van der Waals surface area contributed by atoms with Crippen LogP contribution in [-0.4, -0.2) is 89.8 Å². The molecule has 2 atom stereocenters. The van der Waals surface area contributed by atoms with Crippen LogP contribution < -0.4 is 20.1 Å². The van der Waals surface area contributed by atoms with Crippen LogP contribution in [0.4, 0.5) is 26.3 Å². The molecule has 0 bridgehead atoms. The number of fused-ring (bicyclic) bond motifs is 2. The number of pyridine rings is 2. The summed E-state index contributed by atoms with van der Waals surface area (Å²) in [6, 6.07) is 16.6. The molecule has 2 amide bonds. The van der Waals surface area contributed by atoms with Crippen LogP contribution in [0.2, 0.25) is 0 Å². The predicted molar refractivity (Wildman–Crippen MR) is 253 cm³/mol. The first-order chi connectivity index (χ1) is 34.9. The van der Waals surface area contributed by atoms with E-state index in [9.17, 15) is 50.6 Å². The molecular weight excluding hydrogens is 967 g/mol. The Morgan fingerprint density at radius 2 is 1.01 bits per heavy atom. The van der Waals surface area contributed by atoms with Gasteiger partial charge in [-0.25, -0.2) is 29.5 Å². The van der Waals surface area contributed by atoms with Gasteiger partial charge in [-0.05, 0) is 97.2 Å². The van der Waals surface area contributed by atoms with Crippen molar-refractivity contribution in [1.29, 1.82) is 0 Å². The number of carboxylic acid groups (broad SMARTS) is 1. The van der Waals surface area contributed by atoms with Gasteiger partial charge in [-0.3, -0.25) is 9.59 Å². The Hall–Kier alpha value is -7.26. The quantitative estimate of drug-likeness (QED) is 0.0546. The molecule has 2 saturated carbocycles. The molecule has 0 unspecified atom stereocenters. The first-order valence-corrected chi connectivity index (χ1v) is 24.1. The maximum atomic E-state index is 12.8. The number of esters is 1. The third-order valence-electron chi connectivity index (χ3n) is 12.9. The molecule has 16 nitrogen and oxygen atoms in total. The largest absolute Gasteiger partial charge is 0.573 e. The number of rotatable bonds is 18. The Balaban J connectivity index is 0.000000214. The van der Waals surface area contributed by atoms with E-state index in [1.165, 1.54) is 55.6 Å². The predicted octanol–water partition coefficient (Wildman–Crippen LogP) is 9.01. The van der Waals surface area contributed by atoms with Crippen molar-refractivity contribution in [2.24, 2.45) is 11.8 Å². The number of amides is 2. The van der Waals surface area contributed by atoms with Gasteiger partial charge in [-0.1, -0.05) is 62.8 Å². The highest BCUT2D eigenvalue weighted by molar-refractivity contribution is 5.85. The summed E-state index contributed by atoms with van der Waals surface area (Å²) < 4.78 is 91.2. The molecule has 2 aliphatic rings. The number of halogens is 6. The molecule has 8 rings (SSSR count). The Morgan fingerprint density at radius 3 is 1.40 bits per heavy atom. The molecule has 0 aliphatic heterocycles. The summed E-state index contributed by atoms with van der Waals surface area (Å²) in [4.78, 5) is 67.6. The number of hydrogen-bond acceptors (Lipinski definition) is 11. The van der Waals surface area contributed by atoms with Crippen molar-refractivity contribution in [2.45, 2.75) is 128 Å². The van der Waals surface area contributed by atoms with Crippen molar-refractivity contribution in [2.75, 3.05) is 7.11 Å². The summed E-state index contributed by atoms with van der Waals surface area (Å²) in [5.41, 5.74) is 3.86. The summed E-state index contributed by atoms with van der Waals surface area (Å²) in [5.74, 6) is -1.57. The van der Waals surface area contributed by atoms with Gasteiger partial charge >= 0.3 is 24.7 Å². The number of nitrogens with one attached hydrogen (secondary N) is 2. The second-order valence-electron chi connectivity index (χ2n) is 18.1.